The summed E-state index contributed by atoms with van der Waals surface area (Å²) in [6.07, 6.45) is 0. The smallest absolute Gasteiger partial charge is 0.356 e. The highest BCUT2D eigenvalue weighted by molar-refractivity contribution is 5.85. The van der Waals surface area contributed by atoms with E-state index in [0.29, 0.717) is 6.54 Å². The summed E-state index contributed by atoms with van der Waals surface area (Å²) < 4.78 is 1.59. The zero-order valence-electron chi connectivity index (χ0n) is 9.53. The minimum Gasteiger partial charge on any atom is -0.476 e. The summed E-state index contributed by atoms with van der Waals surface area (Å²) in [6, 6.07) is 1.58. The number of aromatic carboxylic acids is 1. The number of carbonyl (C=O) groups is 1. The number of aryl methyl sites for hydroxylation is 1. The molecule has 0 bridgehead atoms. The molecule has 0 saturated carbocycles. The fourth-order valence-electron chi connectivity index (χ4n) is 1.13. The van der Waals surface area contributed by atoms with Gasteiger partial charge in [0.05, 0.1) is 5.69 Å². The SMILES string of the molecule is Cn1nc(C(=O)O)cc1CNC(C)(C)C. The fraction of sp³-hybridized carbons (Fsp3) is 0.600. The van der Waals surface area contributed by atoms with Crippen molar-refractivity contribution in [3.63, 3.8) is 0 Å². The number of carboxylic acid groups (broad SMARTS) is 1. The number of carboxylic acids is 1. The normalized spacial score (nSPS) is 11.7. The first-order valence-corrected chi connectivity index (χ1v) is 4.81. The quantitative estimate of drug-likeness (QED) is 0.783. The molecule has 1 aromatic heterocycles. The van der Waals surface area contributed by atoms with Crippen LogP contribution in [0.4, 0.5) is 0 Å². The molecule has 0 atom stereocenters. The van der Waals surface area contributed by atoms with Crippen LogP contribution in [-0.4, -0.2) is 26.4 Å². The van der Waals surface area contributed by atoms with Crippen LogP contribution in [0, 0.1) is 0 Å². The van der Waals surface area contributed by atoms with E-state index in [0.717, 1.165) is 5.69 Å². The minimum absolute atomic E-state index is 0.00760. The van der Waals surface area contributed by atoms with E-state index < -0.39 is 5.97 Å². The number of nitrogens with one attached hydrogen (secondary N) is 1. The third-order valence-electron chi connectivity index (χ3n) is 2.00. The van der Waals surface area contributed by atoms with Crippen LogP contribution in [0.25, 0.3) is 0 Å². The van der Waals surface area contributed by atoms with Gasteiger partial charge in [0.1, 0.15) is 0 Å². The molecule has 0 fully saturated rings. The maximum atomic E-state index is 10.7. The summed E-state index contributed by atoms with van der Waals surface area (Å²) in [5.41, 5.74) is 0.957. The lowest BCUT2D eigenvalue weighted by atomic mass is 10.1. The van der Waals surface area contributed by atoms with Crippen molar-refractivity contribution in [2.75, 3.05) is 0 Å². The molecule has 84 valence electrons. The number of hydrogen-bond acceptors (Lipinski definition) is 3. The highest BCUT2D eigenvalue weighted by atomic mass is 16.4. The molecule has 1 aromatic rings. The molecule has 0 unspecified atom stereocenters. The third kappa shape index (κ3) is 3.36. The van der Waals surface area contributed by atoms with Gasteiger partial charge in [-0.1, -0.05) is 0 Å². The van der Waals surface area contributed by atoms with E-state index in [9.17, 15) is 4.79 Å². The lowest BCUT2D eigenvalue weighted by molar-refractivity contribution is 0.0689. The summed E-state index contributed by atoms with van der Waals surface area (Å²) in [4.78, 5) is 10.7. The standard InChI is InChI=1S/C10H17N3O2/c1-10(2,3)11-6-7-5-8(9(14)15)12-13(7)4/h5,11H,6H2,1-4H3,(H,14,15). The van der Waals surface area contributed by atoms with Gasteiger partial charge in [0.25, 0.3) is 0 Å². The van der Waals surface area contributed by atoms with Gasteiger partial charge in [-0.25, -0.2) is 4.79 Å². The maximum Gasteiger partial charge on any atom is 0.356 e. The van der Waals surface area contributed by atoms with Gasteiger partial charge in [-0.2, -0.15) is 5.10 Å². The predicted octanol–water partition coefficient (Wildman–Crippen LogP) is 1.01. The van der Waals surface area contributed by atoms with Crippen molar-refractivity contribution in [3.05, 3.63) is 17.5 Å². The summed E-state index contributed by atoms with van der Waals surface area (Å²) in [5.74, 6) is -0.993. The number of hydrogen-bond donors (Lipinski definition) is 2. The van der Waals surface area contributed by atoms with Crippen molar-refractivity contribution in [1.29, 1.82) is 0 Å². The van der Waals surface area contributed by atoms with E-state index in [4.69, 9.17) is 5.11 Å². The third-order valence-corrected chi connectivity index (χ3v) is 2.00. The van der Waals surface area contributed by atoms with Gasteiger partial charge in [0.15, 0.2) is 5.69 Å². The second kappa shape index (κ2) is 4.02. The molecular weight excluding hydrogens is 194 g/mol. The molecule has 0 aliphatic carbocycles. The van der Waals surface area contributed by atoms with Crippen molar-refractivity contribution in [1.82, 2.24) is 15.1 Å². The lowest BCUT2D eigenvalue weighted by Gasteiger charge is -2.20. The first-order chi connectivity index (χ1) is 6.79. The van der Waals surface area contributed by atoms with Crippen LogP contribution < -0.4 is 5.32 Å². The van der Waals surface area contributed by atoms with E-state index in [1.165, 1.54) is 0 Å². The van der Waals surface area contributed by atoms with Gasteiger partial charge in [0.2, 0.25) is 0 Å². The highest BCUT2D eigenvalue weighted by Crippen LogP contribution is 2.06. The van der Waals surface area contributed by atoms with E-state index in [1.54, 1.807) is 17.8 Å². The van der Waals surface area contributed by atoms with Gasteiger partial charge >= 0.3 is 5.97 Å². The fourth-order valence-corrected chi connectivity index (χ4v) is 1.13. The molecule has 0 spiro atoms. The Labute approximate surface area is 89.1 Å². The monoisotopic (exact) mass is 211 g/mol. The van der Waals surface area contributed by atoms with Crippen LogP contribution in [0.2, 0.25) is 0 Å². The highest BCUT2D eigenvalue weighted by Gasteiger charge is 2.13. The van der Waals surface area contributed by atoms with Crippen molar-refractivity contribution < 1.29 is 9.90 Å². The zero-order valence-corrected chi connectivity index (χ0v) is 9.53. The van der Waals surface area contributed by atoms with Crippen molar-refractivity contribution >= 4 is 5.97 Å². The van der Waals surface area contributed by atoms with Crippen LogP contribution in [0.5, 0.6) is 0 Å². The topological polar surface area (TPSA) is 67.2 Å². The zero-order chi connectivity index (χ0) is 11.6. The minimum atomic E-state index is -0.993. The molecule has 0 radical (unpaired) electrons. The van der Waals surface area contributed by atoms with Crippen molar-refractivity contribution in [2.24, 2.45) is 7.05 Å². The second-order valence-electron chi connectivity index (χ2n) is 4.55. The Bertz CT molecular complexity index is 363. The van der Waals surface area contributed by atoms with E-state index in [1.807, 2.05) is 0 Å². The van der Waals surface area contributed by atoms with E-state index in [-0.39, 0.29) is 11.2 Å². The summed E-state index contributed by atoms with van der Waals surface area (Å²) in [7, 11) is 1.74. The van der Waals surface area contributed by atoms with Crippen LogP contribution >= 0.6 is 0 Å². The maximum absolute atomic E-state index is 10.7. The molecule has 5 nitrogen and oxygen atoms in total. The van der Waals surface area contributed by atoms with Crippen molar-refractivity contribution in [2.45, 2.75) is 32.9 Å². The first-order valence-electron chi connectivity index (χ1n) is 4.81. The molecule has 2 N–H and O–H groups in total. The Balaban J connectivity index is 2.74. The Morgan fingerprint density at radius 3 is 2.60 bits per heavy atom. The molecule has 0 aromatic carbocycles. The van der Waals surface area contributed by atoms with E-state index >= 15 is 0 Å². The summed E-state index contributed by atoms with van der Waals surface area (Å²) in [6.45, 7) is 6.78. The Kier molecular flexibility index (Phi) is 3.14. The Hall–Kier alpha value is -1.36. The van der Waals surface area contributed by atoms with E-state index in [2.05, 4.69) is 31.2 Å². The van der Waals surface area contributed by atoms with Crippen LogP contribution in [0.3, 0.4) is 0 Å². The average molecular weight is 211 g/mol. The van der Waals surface area contributed by atoms with Crippen LogP contribution in [0.1, 0.15) is 37.0 Å². The Morgan fingerprint density at radius 2 is 2.20 bits per heavy atom. The molecule has 15 heavy (non-hydrogen) atoms. The van der Waals surface area contributed by atoms with Gasteiger partial charge in [-0.05, 0) is 26.8 Å². The van der Waals surface area contributed by atoms with Gasteiger partial charge in [-0.3, -0.25) is 4.68 Å². The van der Waals surface area contributed by atoms with Gasteiger partial charge in [0, 0.05) is 19.1 Å². The van der Waals surface area contributed by atoms with Gasteiger partial charge < -0.3 is 10.4 Å². The number of nitrogens with zero attached hydrogens (tertiary/aromatic N) is 2. The average Bonchev–Trinajstić information content (AvgIpc) is 2.42. The molecule has 5 heteroatoms. The molecule has 0 aliphatic heterocycles. The van der Waals surface area contributed by atoms with Gasteiger partial charge in [-0.15, -0.1) is 0 Å². The molecule has 1 rings (SSSR count). The van der Waals surface area contributed by atoms with Crippen LogP contribution in [-0.2, 0) is 13.6 Å². The Morgan fingerprint density at radius 1 is 1.60 bits per heavy atom. The summed E-state index contributed by atoms with van der Waals surface area (Å²) >= 11 is 0. The lowest BCUT2D eigenvalue weighted by Crippen LogP contribution is -2.35. The van der Waals surface area contributed by atoms with Crippen molar-refractivity contribution in [3.8, 4) is 0 Å². The number of rotatable bonds is 3. The molecule has 0 saturated heterocycles. The molecule has 0 amide bonds. The molecule has 0 aliphatic rings. The second-order valence-corrected chi connectivity index (χ2v) is 4.55. The number of aromatic nitrogens is 2. The largest absolute Gasteiger partial charge is 0.476 e. The van der Waals surface area contributed by atoms with Crippen LogP contribution in [0.15, 0.2) is 6.07 Å². The predicted molar refractivity (Wildman–Crippen MR) is 56.8 cm³/mol. The molecule has 1 heterocycles. The summed E-state index contributed by atoms with van der Waals surface area (Å²) in [5, 5.41) is 15.9. The molecular formula is C10H17N3O2. The first kappa shape index (κ1) is 11.7.